The number of hydrogen-bond donors (Lipinski definition) is 0. The number of hydrogen-bond acceptors (Lipinski definition) is 2. The van der Waals surface area contributed by atoms with E-state index in [0.717, 1.165) is 5.30 Å². The molecule has 0 aromatic heterocycles. The molecule has 0 N–H and O–H groups in total. The Kier molecular flexibility index (Phi) is 2.32. The van der Waals surface area contributed by atoms with Gasteiger partial charge in [-0.3, -0.25) is 0 Å². The molecule has 2 nitrogen and oxygen atoms in total. The minimum atomic E-state index is -2.60. The lowest BCUT2D eigenvalue weighted by Crippen LogP contribution is -2.23. The fourth-order valence-corrected chi connectivity index (χ4v) is 4.40. The van der Waals surface area contributed by atoms with Gasteiger partial charge in [0.05, 0.1) is 10.6 Å². The fourth-order valence-electron chi connectivity index (χ4n) is 2.05. The van der Waals surface area contributed by atoms with E-state index in [1.165, 1.54) is 0 Å². The van der Waals surface area contributed by atoms with E-state index in [1.807, 2.05) is 24.3 Å². The van der Waals surface area contributed by atoms with Crippen LogP contribution in [0.15, 0.2) is 42.5 Å². The van der Waals surface area contributed by atoms with Crippen molar-refractivity contribution in [2.75, 3.05) is 6.66 Å². The largest absolute Gasteiger partial charge is 0.456 e. The van der Waals surface area contributed by atoms with Crippen molar-refractivity contribution in [3.05, 3.63) is 47.5 Å². The Hall–Kier alpha value is -1.24. The van der Waals surface area contributed by atoms with E-state index in [-0.39, 0.29) is 0 Å². The van der Waals surface area contributed by atoms with E-state index in [2.05, 4.69) is 0 Å². The third kappa shape index (κ3) is 1.60. The van der Waals surface area contributed by atoms with Crippen LogP contribution in [-0.2, 0) is 4.57 Å². The molecule has 2 aromatic carbocycles. The van der Waals surface area contributed by atoms with Gasteiger partial charge in [0.15, 0.2) is 0 Å². The summed E-state index contributed by atoms with van der Waals surface area (Å²) in [5.41, 5.74) is 0. The van der Waals surface area contributed by atoms with Crippen LogP contribution < -0.4 is 15.3 Å². The molecule has 0 radical (unpaired) electrons. The summed E-state index contributed by atoms with van der Waals surface area (Å²) in [5, 5.41) is 2.03. The Morgan fingerprint density at radius 3 is 2.59 bits per heavy atom. The smallest absolute Gasteiger partial charge is 0.147 e. The lowest BCUT2D eigenvalue weighted by Gasteiger charge is -2.25. The van der Waals surface area contributed by atoms with E-state index >= 15 is 0 Å². The first-order chi connectivity index (χ1) is 8.09. The molecular weight excluding hydrogens is 255 g/mol. The summed E-state index contributed by atoms with van der Waals surface area (Å²) in [6, 6.07) is 12.7. The predicted molar refractivity (Wildman–Crippen MR) is 70.8 cm³/mol. The quantitative estimate of drug-likeness (QED) is 0.682. The summed E-state index contributed by atoms with van der Waals surface area (Å²) in [7, 11) is -2.60. The predicted octanol–water partition coefficient (Wildman–Crippen LogP) is 3.39. The maximum atomic E-state index is 12.9. The van der Waals surface area contributed by atoms with Crippen molar-refractivity contribution in [3.8, 4) is 11.5 Å². The molecule has 1 atom stereocenters. The van der Waals surface area contributed by atoms with E-state index in [1.54, 1.807) is 24.9 Å². The zero-order chi connectivity index (χ0) is 12.0. The topological polar surface area (TPSA) is 26.3 Å². The van der Waals surface area contributed by atoms with Gasteiger partial charge in [0.25, 0.3) is 0 Å². The molecule has 0 spiro atoms. The molecule has 0 bridgehead atoms. The van der Waals surface area contributed by atoms with Crippen LogP contribution in [0.1, 0.15) is 0 Å². The normalized spacial score (nSPS) is 21.3. The number of fused-ring (bicyclic) bond motifs is 2. The molecule has 0 aliphatic carbocycles. The van der Waals surface area contributed by atoms with Crippen molar-refractivity contribution >= 4 is 29.4 Å². The minimum Gasteiger partial charge on any atom is -0.456 e. The molecular formula is C13H10ClO2P. The van der Waals surface area contributed by atoms with Crippen molar-refractivity contribution in [3.63, 3.8) is 0 Å². The summed E-state index contributed by atoms with van der Waals surface area (Å²) < 4.78 is 18.6. The maximum absolute atomic E-state index is 12.9. The van der Waals surface area contributed by atoms with Crippen molar-refractivity contribution in [2.24, 2.45) is 0 Å². The second-order valence-corrected chi connectivity index (χ2v) is 7.35. The first kappa shape index (κ1) is 10.9. The van der Waals surface area contributed by atoms with Crippen molar-refractivity contribution in [1.82, 2.24) is 0 Å². The van der Waals surface area contributed by atoms with Gasteiger partial charge in [-0.15, -0.1) is 0 Å². The number of para-hydroxylation sites is 1. The van der Waals surface area contributed by atoms with Gasteiger partial charge in [-0.2, -0.15) is 0 Å². The third-order valence-electron chi connectivity index (χ3n) is 2.93. The summed E-state index contributed by atoms with van der Waals surface area (Å²) >= 11 is 5.95. The summed E-state index contributed by atoms with van der Waals surface area (Å²) in [4.78, 5) is 0. The average Bonchev–Trinajstić information content (AvgIpc) is 2.31. The molecule has 0 saturated carbocycles. The highest BCUT2D eigenvalue weighted by atomic mass is 35.5. The molecule has 86 valence electrons. The fraction of sp³-hybridized carbons (Fsp3) is 0.0769. The molecule has 17 heavy (non-hydrogen) atoms. The molecule has 3 rings (SSSR count). The zero-order valence-electron chi connectivity index (χ0n) is 9.18. The van der Waals surface area contributed by atoms with Gasteiger partial charge < -0.3 is 9.30 Å². The highest BCUT2D eigenvalue weighted by Crippen LogP contribution is 2.49. The van der Waals surface area contributed by atoms with Gasteiger partial charge in [0, 0.05) is 5.02 Å². The number of benzene rings is 2. The van der Waals surface area contributed by atoms with Crippen molar-refractivity contribution in [1.29, 1.82) is 0 Å². The Balaban J connectivity index is 2.31. The van der Waals surface area contributed by atoms with Gasteiger partial charge >= 0.3 is 0 Å². The first-order valence-electron chi connectivity index (χ1n) is 5.24. The van der Waals surface area contributed by atoms with Gasteiger partial charge in [-0.1, -0.05) is 23.7 Å². The van der Waals surface area contributed by atoms with Crippen LogP contribution in [0.2, 0.25) is 5.02 Å². The Labute approximate surface area is 105 Å². The van der Waals surface area contributed by atoms with Crippen LogP contribution in [0.25, 0.3) is 0 Å². The third-order valence-corrected chi connectivity index (χ3v) is 5.72. The van der Waals surface area contributed by atoms with Crippen LogP contribution in [0.4, 0.5) is 0 Å². The molecule has 4 heteroatoms. The van der Waals surface area contributed by atoms with E-state index < -0.39 is 7.14 Å². The first-order valence-corrected chi connectivity index (χ1v) is 7.77. The van der Waals surface area contributed by atoms with Gasteiger partial charge in [0.2, 0.25) is 0 Å². The van der Waals surface area contributed by atoms with Gasteiger partial charge in [-0.25, -0.2) is 0 Å². The maximum Gasteiger partial charge on any atom is 0.147 e. The van der Waals surface area contributed by atoms with Crippen LogP contribution in [0.5, 0.6) is 11.5 Å². The van der Waals surface area contributed by atoms with Crippen LogP contribution in [0.3, 0.4) is 0 Å². The molecule has 0 saturated heterocycles. The standard InChI is InChI=1S/C13H10ClO2P/c1-17(15)12-5-3-2-4-10(12)16-11-7-6-9(14)8-13(11)17/h2-8H,1H3. The Bertz CT molecular complexity index is 652. The molecule has 0 fully saturated rings. The van der Waals surface area contributed by atoms with Crippen LogP contribution >= 0.6 is 18.7 Å². The minimum absolute atomic E-state index is 0.578. The molecule has 1 aliphatic rings. The second kappa shape index (κ2) is 3.63. The molecule has 1 heterocycles. The monoisotopic (exact) mass is 264 g/mol. The molecule has 2 aromatic rings. The van der Waals surface area contributed by atoms with E-state index in [9.17, 15) is 4.57 Å². The van der Waals surface area contributed by atoms with Crippen LogP contribution in [-0.4, -0.2) is 6.66 Å². The lowest BCUT2D eigenvalue weighted by molar-refractivity contribution is 0.485. The summed E-state index contributed by atoms with van der Waals surface area (Å²) in [6.07, 6.45) is 0. The average molecular weight is 265 g/mol. The zero-order valence-corrected chi connectivity index (χ0v) is 10.8. The van der Waals surface area contributed by atoms with Gasteiger partial charge in [0.1, 0.15) is 18.6 Å². The van der Waals surface area contributed by atoms with Gasteiger partial charge in [-0.05, 0) is 37.0 Å². The summed E-state index contributed by atoms with van der Waals surface area (Å²) in [5.74, 6) is 1.31. The van der Waals surface area contributed by atoms with Crippen LogP contribution in [0, 0.1) is 0 Å². The number of halogens is 1. The highest BCUT2D eigenvalue weighted by molar-refractivity contribution is 7.78. The second-order valence-electron chi connectivity index (χ2n) is 4.11. The highest BCUT2D eigenvalue weighted by Gasteiger charge is 2.32. The number of ether oxygens (including phenoxy) is 1. The van der Waals surface area contributed by atoms with E-state index in [0.29, 0.717) is 21.8 Å². The van der Waals surface area contributed by atoms with Crippen molar-refractivity contribution in [2.45, 2.75) is 0 Å². The van der Waals surface area contributed by atoms with Crippen molar-refractivity contribution < 1.29 is 9.30 Å². The Morgan fingerprint density at radius 1 is 1.06 bits per heavy atom. The Morgan fingerprint density at radius 2 is 1.76 bits per heavy atom. The van der Waals surface area contributed by atoms with E-state index in [4.69, 9.17) is 16.3 Å². The number of rotatable bonds is 0. The summed E-state index contributed by atoms with van der Waals surface area (Å²) in [6.45, 7) is 1.75. The molecule has 1 aliphatic heterocycles. The lowest BCUT2D eigenvalue weighted by atomic mass is 10.3. The SMILES string of the molecule is CP1(=O)c2ccccc2Oc2ccc(Cl)cc21. The molecule has 0 amide bonds. The molecule has 1 unspecified atom stereocenters.